The van der Waals surface area contributed by atoms with Crippen LogP contribution in [0.2, 0.25) is 0 Å². The average Bonchev–Trinajstić information content (AvgIpc) is 2.48. The summed E-state index contributed by atoms with van der Waals surface area (Å²) in [7, 11) is 0. The lowest BCUT2D eigenvalue weighted by Gasteiger charge is -2.09. The third-order valence-electron chi connectivity index (χ3n) is 2.58. The van der Waals surface area contributed by atoms with Crippen LogP contribution in [0, 0.1) is 0 Å². The van der Waals surface area contributed by atoms with E-state index < -0.39 is 11.1 Å². The quantitative estimate of drug-likeness (QED) is 0.598. The van der Waals surface area contributed by atoms with E-state index in [9.17, 15) is 9.00 Å². The average molecular weight is 320 g/mol. The van der Waals surface area contributed by atoms with Crippen molar-refractivity contribution in [1.82, 2.24) is 5.32 Å². The second kappa shape index (κ2) is 7.07. The van der Waals surface area contributed by atoms with Crippen LogP contribution in [0.3, 0.4) is 0 Å². The molecule has 21 heavy (non-hydrogen) atoms. The number of hydrogen-bond donors (Lipinski definition) is 3. The van der Waals surface area contributed by atoms with Gasteiger partial charge in [-0.05, 0) is 48.6 Å². The lowest BCUT2D eigenvalue weighted by molar-refractivity contribution is 0.0977. The lowest BCUT2D eigenvalue weighted by Crippen LogP contribution is -2.34. The molecule has 2 aromatic rings. The molecule has 0 heterocycles. The van der Waals surface area contributed by atoms with E-state index in [2.05, 4.69) is 10.6 Å². The highest BCUT2D eigenvalue weighted by Gasteiger charge is 2.07. The highest BCUT2D eigenvalue weighted by atomic mass is 32.2. The van der Waals surface area contributed by atoms with Crippen molar-refractivity contribution in [1.29, 1.82) is 0 Å². The van der Waals surface area contributed by atoms with Gasteiger partial charge < -0.3 is 9.87 Å². The number of hydrogen-bond acceptors (Lipinski definition) is 3. The lowest BCUT2D eigenvalue weighted by atomic mass is 10.2. The van der Waals surface area contributed by atoms with Crippen molar-refractivity contribution in [3.63, 3.8) is 0 Å². The van der Waals surface area contributed by atoms with E-state index in [-0.39, 0.29) is 11.0 Å². The van der Waals surface area contributed by atoms with Crippen molar-refractivity contribution in [3.05, 3.63) is 60.2 Å². The first-order valence-corrected chi connectivity index (χ1v) is 7.46. The maximum absolute atomic E-state index is 11.9. The van der Waals surface area contributed by atoms with Gasteiger partial charge in [-0.25, -0.2) is 4.21 Å². The SMILES string of the molecule is O=C(NC(=S)Nc1ccc(S(=O)O)cc1)c1ccccc1. The highest BCUT2D eigenvalue weighted by Crippen LogP contribution is 2.11. The van der Waals surface area contributed by atoms with E-state index in [1.165, 1.54) is 12.1 Å². The number of amides is 1. The van der Waals surface area contributed by atoms with Crippen LogP contribution >= 0.6 is 12.2 Å². The number of nitrogens with one attached hydrogen (secondary N) is 2. The van der Waals surface area contributed by atoms with E-state index in [4.69, 9.17) is 16.8 Å². The normalized spacial score (nSPS) is 11.5. The Bertz CT molecular complexity index is 672. The number of benzene rings is 2. The van der Waals surface area contributed by atoms with Gasteiger partial charge in [0, 0.05) is 11.3 Å². The van der Waals surface area contributed by atoms with Gasteiger partial charge in [0.25, 0.3) is 5.91 Å². The molecule has 3 N–H and O–H groups in total. The second-order valence-corrected chi connectivity index (χ2v) is 5.43. The Labute approximate surface area is 129 Å². The van der Waals surface area contributed by atoms with Gasteiger partial charge in [0.15, 0.2) is 16.2 Å². The molecule has 7 heteroatoms. The summed E-state index contributed by atoms with van der Waals surface area (Å²) >= 11 is 3.03. The van der Waals surface area contributed by atoms with Crippen LogP contribution in [0.5, 0.6) is 0 Å². The first-order chi connectivity index (χ1) is 10.1. The molecule has 0 aliphatic carbocycles. The zero-order valence-corrected chi connectivity index (χ0v) is 12.4. The van der Waals surface area contributed by atoms with Gasteiger partial charge in [0.1, 0.15) is 0 Å². The molecular weight excluding hydrogens is 308 g/mol. The fraction of sp³-hybridized carbons (Fsp3) is 0. The van der Waals surface area contributed by atoms with Gasteiger partial charge in [-0.3, -0.25) is 10.1 Å². The van der Waals surface area contributed by atoms with Crippen LogP contribution in [0.1, 0.15) is 10.4 Å². The minimum atomic E-state index is -2.01. The largest absolute Gasteiger partial charge is 0.332 e. The molecule has 0 saturated carbocycles. The summed E-state index contributed by atoms with van der Waals surface area (Å²) in [4.78, 5) is 12.2. The minimum Gasteiger partial charge on any atom is -0.332 e. The van der Waals surface area contributed by atoms with Gasteiger partial charge in [0.05, 0.1) is 4.90 Å². The van der Waals surface area contributed by atoms with Crippen LogP contribution < -0.4 is 10.6 Å². The predicted octanol–water partition coefficient (Wildman–Crippen LogP) is 2.39. The molecule has 1 unspecified atom stereocenters. The van der Waals surface area contributed by atoms with Crippen LogP contribution in [0.4, 0.5) is 5.69 Å². The van der Waals surface area contributed by atoms with Gasteiger partial charge >= 0.3 is 0 Å². The smallest absolute Gasteiger partial charge is 0.257 e. The number of anilines is 1. The standard InChI is InChI=1S/C14H12N2O3S2/c17-13(10-4-2-1-3-5-10)16-14(20)15-11-6-8-12(9-7-11)21(18)19/h1-9H,(H,18,19)(H2,15,16,17,20). The van der Waals surface area contributed by atoms with Crippen molar-refractivity contribution in [2.75, 3.05) is 5.32 Å². The monoisotopic (exact) mass is 320 g/mol. The molecular formula is C14H12N2O3S2. The first kappa shape index (κ1) is 15.3. The zero-order chi connectivity index (χ0) is 15.2. The minimum absolute atomic E-state index is 0.154. The van der Waals surface area contributed by atoms with Crippen molar-refractivity contribution < 1.29 is 13.6 Å². The number of rotatable bonds is 3. The summed E-state index contributed by atoms with van der Waals surface area (Å²) in [5.74, 6) is -0.304. The predicted molar refractivity (Wildman–Crippen MR) is 85.6 cm³/mol. The topological polar surface area (TPSA) is 78.4 Å². The first-order valence-electron chi connectivity index (χ1n) is 5.94. The number of carbonyl (C=O) groups excluding carboxylic acids is 1. The number of thiocarbonyl (C=S) groups is 1. The summed E-state index contributed by atoms with van der Waals surface area (Å²) in [6.45, 7) is 0. The molecule has 0 fully saturated rings. The summed E-state index contributed by atoms with van der Waals surface area (Å²) in [6, 6.07) is 14.9. The van der Waals surface area contributed by atoms with Crippen molar-refractivity contribution in [2.24, 2.45) is 0 Å². The third kappa shape index (κ3) is 4.45. The van der Waals surface area contributed by atoms with E-state index in [1.54, 1.807) is 36.4 Å². The Kier molecular flexibility index (Phi) is 5.15. The summed E-state index contributed by atoms with van der Waals surface area (Å²) in [5.41, 5.74) is 1.12. The zero-order valence-electron chi connectivity index (χ0n) is 10.8. The van der Waals surface area contributed by atoms with Crippen LogP contribution in [-0.4, -0.2) is 19.8 Å². The molecule has 0 saturated heterocycles. The third-order valence-corrected chi connectivity index (χ3v) is 3.46. The Morgan fingerprint density at radius 2 is 1.67 bits per heavy atom. The van der Waals surface area contributed by atoms with Gasteiger partial charge in [-0.2, -0.15) is 0 Å². The molecule has 108 valence electrons. The Morgan fingerprint density at radius 1 is 1.05 bits per heavy atom. The molecule has 0 spiro atoms. The van der Waals surface area contributed by atoms with Crippen LogP contribution in [0.15, 0.2) is 59.5 Å². The molecule has 1 amide bonds. The van der Waals surface area contributed by atoms with Gasteiger partial charge in [0.2, 0.25) is 0 Å². The molecule has 0 aromatic heterocycles. The summed E-state index contributed by atoms with van der Waals surface area (Å²) < 4.78 is 19.8. The summed E-state index contributed by atoms with van der Waals surface area (Å²) in [5, 5.41) is 5.54. The maximum Gasteiger partial charge on any atom is 0.257 e. The molecule has 0 aliphatic rings. The molecule has 0 aliphatic heterocycles. The molecule has 2 rings (SSSR count). The van der Waals surface area contributed by atoms with E-state index in [0.29, 0.717) is 16.1 Å². The summed E-state index contributed by atoms with van der Waals surface area (Å²) in [6.07, 6.45) is 0. The van der Waals surface area contributed by atoms with Crippen molar-refractivity contribution in [3.8, 4) is 0 Å². The second-order valence-electron chi connectivity index (χ2n) is 4.05. The Balaban J connectivity index is 1.95. The highest BCUT2D eigenvalue weighted by molar-refractivity contribution is 7.80. The van der Waals surface area contributed by atoms with Crippen molar-refractivity contribution >= 4 is 40.0 Å². The molecule has 0 bridgehead atoms. The molecule has 0 radical (unpaired) electrons. The van der Waals surface area contributed by atoms with E-state index >= 15 is 0 Å². The molecule has 2 aromatic carbocycles. The molecule has 1 atom stereocenters. The van der Waals surface area contributed by atoms with Crippen LogP contribution in [-0.2, 0) is 11.1 Å². The fourth-order valence-corrected chi connectivity index (χ4v) is 2.16. The van der Waals surface area contributed by atoms with E-state index in [0.717, 1.165) is 0 Å². The molecule has 5 nitrogen and oxygen atoms in total. The maximum atomic E-state index is 11.9. The Morgan fingerprint density at radius 3 is 2.24 bits per heavy atom. The Hall–Kier alpha value is -2.09. The fourth-order valence-electron chi connectivity index (χ4n) is 1.58. The van der Waals surface area contributed by atoms with Gasteiger partial charge in [-0.15, -0.1) is 0 Å². The van der Waals surface area contributed by atoms with Gasteiger partial charge in [-0.1, -0.05) is 18.2 Å². The van der Waals surface area contributed by atoms with Crippen LogP contribution in [0.25, 0.3) is 0 Å². The van der Waals surface area contributed by atoms with Crippen molar-refractivity contribution in [2.45, 2.75) is 4.90 Å². The number of carbonyl (C=O) groups is 1. The van der Waals surface area contributed by atoms with E-state index in [1.807, 2.05) is 6.07 Å².